The van der Waals surface area contributed by atoms with E-state index in [2.05, 4.69) is 10.2 Å². The van der Waals surface area contributed by atoms with Gasteiger partial charge in [0.25, 0.3) is 5.91 Å². The summed E-state index contributed by atoms with van der Waals surface area (Å²) in [5.74, 6) is -0.890. The van der Waals surface area contributed by atoms with Crippen LogP contribution in [-0.4, -0.2) is 79.9 Å². The number of carboxylic acids is 1. The largest absolute Gasteiger partial charge is 0.480 e. The molecule has 3 atom stereocenters. The highest BCUT2D eigenvalue weighted by Crippen LogP contribution is 2.31. The van der Waals surface area contributed by atoms with Crippen LogP contribution in [0, 0.1) is 6.92 Å². The van der Waals surface area contributed by atoms with Crippen LogP contribution in [0.2, 0.25) is 0 Å². The minimum atomic E-state index is -3.39. The van der Waals surface area contributed by atoms with Gasteiger partial charge < -0.3 is 15.2 Å². The van der Waals surface area contributed by atoms with Crippen LogP contribution >= 0.6 is 11.8 Å². The highest BCUT2D eigenvalue weighted by atomic mass is 32.2. The number of nitrogens with zero attached hydrogens (tertiary/aromatic N) is 1. The van der Waals surface area contributed by atoms with Crippen molar-refractivity contribution in [2.75, 3.05) is 32.3 Å². The lowest BCUT2D eigenvalue weighted by atomic mass is 9.93. The standard InChI is InChI=1S/C33H40N2O6S2/c1-23-9-7-8-12-28(23)30-17-25(13-14-29(30)32(36)34-31(33(37)38)15-16-42-3)19-35-20-27(18-26(35)21-41-2)43(39,40)22-24-10-5-4-6-11-24/h4-14,17,26-27,31H,15-16,18-22H2,1-3H3,(H,34,36)(H,37,38)/t26-,27+,31+/m0/s1. The van der Waals surface area contributed by atoms with Crippen molar-refractivity contribution < 1.29 is 27.9 Å². The van der Waals surface area contributed by atoms with E-state index in [0.717, 1.165) is 22.3 Å². The van der Waals surface area contributed by atoms with E-state index < -0.39 is 33.0 Å². The molecule has 1 heterocycles. The number of methoxy groups -OCH3 is 1. The number of likely N-dealkylation sites (tertiary alicyclic amines) is 1. The van der Waals surface area contributed by atoms with Crippen molar-refractivity contribution in [3.63, 3.8) is 0 Å². The van der Waals surface area contributed by atoms with Gasteiger partial charge in [0, 0.05) is 31.8 Å². The molecule has 1 aliphatic rings. The molecule has 2 N–H and O–H groups in total. The SMILES string of the molecule is COC[C@@H]1C[C@@H](S(=O)(=O)Cc2ccccc2)CN1Cc1ccc(C(=O)N[C@H](CCSC)C(=O)O)c(-c2ccccc2C)c1. The summed E-state index contributed by atoms with van der Waals surface area (Å²) in [5, 5.41) is 11.9. The summed E-state index contributed by atoms with van der Waals surface area (Å²) in [4.78, 5) is 27.4. The van der Waals surface area contributed by atoms with Crippen LogP contribution in [0.5, 0.6) is 0 Å². The molecule has 1 fully saturated rings. The van der Waals surface area contributed by atoms with E-state index in [-0.39, 0.29) is 11.8 Å². The van der Waals surface area contributed by atoms with Crippen LogP contribution in [-0.2, 0) is 31.7 Å². The zero-order valence-electron chi connectivity index (χ0n) is 24.9. The molecule has 0 bridgehead atoms. The number of benzene rings is 3. The predicted molar refractivity (Wildman–Crippen MR) is 172 cm³/mol. The third-order valence-corrected chi connectivity index (χ3v) is 10.7. The van der Waals surface area contributed by atoms with Gasteiger partial charge in [0.05, 0.1) is 17.6 Å². The molecular weight excluding hydrogens is 585 g/mol. The van der Waals surface area contributed by atoms with Crippen LogP contribution in [0.3, 0.4) is 0 Å². The first kappa shape index (κ1) is 32.7. The number of hydrogen-bond acceptors (Lipinski definition) is 7. The van der Waals surface area contributed by atoms with E-state index in [1.807, 2.05) is 79.9 Å². The Kier molecular flexibility index (Phi) is 11.4. The molecule has 4 rings (SSSR count). The number of rotatable bonds is 14. The lowest BCUT2D eigenvalue weighted by molar-refractivity contribution is -0.139. The number of aryl methyl sites for hydroxylation is 1. The first-order chi connectivity index (χ1) is 20.6. The topological polar surface area (TPSA) is 113 Å². The second kappa shape index (κ2) is 15.0. The Labute approximate surface area is 258 Å². The Morgan fingerprint density at radius 2 is 1.77 bits per heavy atom. The zero-order chi connectivity index (χ0) is 31.0. The summed E-state index contributed by atoms with van der Waals surface area (Å²) in [6.07, 6.45) is 2.71. The molecule has 1 amide bonds. The van der Waals surface area contributed by atoms with Crippen molar-refractivity contribution in [3.05, 3.63) is 95.1 Å². The number of carbonyl (C=O) groups is 2. The average molecular weight is 625 g/mol. The summed E-state index contributed by atoms with van der Waals surface area (Å²) in [7, 11) is -1.77. The Hall–Kier alpha value is -3.18. The maximum Gasteiger partial charge on any atom is 0.326 e. The molecule has 0 spiro atoms. The molecule has 1 aliphatic heterocycles. The molecule has 43 heavy (non-hydrogen) atoms. The molecule has 230 valence electrons. The molecule has 0 radical (unpaired) electrons. The maximum atomic E-state index is 13.4. The molecule has 0 saturated carbocycles. The fourth-order valence-corrected chi connectivity index (χ4v) is 7.93. The highest BCUT2D eigenvalue weighted by molar-refractivity contribution is 7.98. The number of sulfone groups is 1. The number of ether oxygens (including phenoxy) is 1. The number of aliphatic carboxylic acids is 1. The molecule has 0 aliphatic carbocycles. The fourth-order valence-electron chi connectivity index (χ4n) is 5.63. The van der Waals surface area contributed by atoms with E-state index in [1.54, 1.807) is 13.2 Å². The quantitative estimate of drug-likeness (QED) is 0.263. The summed E-state index contributed by atoms with van der Waals surface area (Å²) >= 11 is 1.53. The lowest BCUT2D eigenvalue weighted by Crippen LogP contribution is -2.41. The van der Waals surface area contributed by atoms with Gasteiger partial charge >= 0.3 is 5.97 Å². The van der Waals surface area contributed by atoms with Crippen molar-refractivity contribution in [1.29, 1.82) is 0 Å². The maximum absolute atomic E-state index is 13.4. The first-order valence-electron chi connectivity index (χ1n) is 14.3. The summed E-state index contributed by atoms with van der Waals surface area (Å²) in [5.41, 5.74) is 4.67. The van der Waals surface area contributed by atoms with Crippen LogP contribution in [0.4, 0.5) is 0 Å². The molecule has 3 aromatic rings. The molecule has 8 nitrogen and oxygen atoms in total. The third-order valence-electron chi connectivity index (χ3n) is 7.93. The molecule has 3 aromatic carbocycles. The van der Waals surface area contributed by atoms with Gasteiger partial charge in [-0.1, -0.05) is 60.7 Å². The van der Waals surface area contributed by atoms with Gasteiger partial charge in [-0.25, -0.2) is 13.2 Å². The van der Waals surface area contributed by atoms with E-state index in [1.165, 1.54) is 11.8 Å². The smallest absolute Gasteiger partial charge is 0.326 e. The normalized spacial score (nSPS) is 17.9. The minimum absolute atomic E-state index is 0.00156. The van der Waals surface area contributed by atoms with Crippen LogP contribution < -0.4 is 5.32 Å². The third kappa shape index (κ3) is 8.47. The Bertz CT molecular complexity index is 1510. The summed E-state index contributed by atoms with van der Waals surface area (Å²) < 4.78 is 32.3. The average Bonchev–Trinajstić information content (AvgIpc) is 3.39. The van der Waals surface area contributed by atoms with Gasteiger partial charge in [0.1, 0.15) is 6.04 Å². The number of nitrogens with one attached hydrogen (secondary N) is 1. The number of amides is 1. The fraction of sp³-hybridized carbons (Fsp3) is 0.394. The van der Waals surface area contributed by atoms with E-state index in [9.17, 15) is 23.1 Å². The van der Waals surface area contributed by atoms with Gasteiger partial charge in [-0.2, -0.15) is 11.8 Å². The Balaban J connectivity index is 1.61. The monoisotopic (exact) mass is 624 g/mol. The number of thioether (sulfide) groups is 1. The Morgan fingerprint density at radius 3 is 2.44 bits per heavy atom. The molecule has 10 heteroatoms. The van der Waals surface area contributed by atoms with Crippen molar-refractivity contribution in [2.24, 2.45) is 0 Å². The second-order valence-electron chi connectivity index (χ2n) is 11.0. The number of carbonyl (C=O) groups excluding carboxylic acids is 1. The minimum Gasteiger partial charge on any atom is -0.480 e. The van der Waals surface area contributed by atoms with Gasteiger partial charge in [0.2, 0.25) is 0 Å². The predicted octanol–water partition coefficient (Wildman–Crippen LogP) is 4.80. The van der Waals surface area contributed by atoms with Gasteiger partial charge in [-0.3, -0.25) is 9.69 Å². The highest BCUT2D eigenvalue weighted by Gasteiger charge is 2.39. The van der Waals surface area contributed by atoms with Gasteiger partial charge in [-0.05, 0) is 71.7 Å². The van der Waals surface area contributed by atoms with Crippen molar-refractivity contribution >= 4 is 33.5 Å². The van der Waals surface area contributed by atoms with E-state index in [4.69, 9.17) is 4.74 Å². The van der Waals surface area contributed by atoms with E-state index in [0.29, 0.717) is 49.4 Å². The summed E-state index contributed by atoms with van der Waals surface area (Å²) in [6, 6.07) is 21.5. The molecule has 1 saturated heterocycles. The van der Waals surface area contributed by atoms with Crippen molar-refractivity contribution in [3.8, 4) is 11.1 Å². The molecule has 0 aromatic heterocycles. The van der Waals surface area contributed by atoms with Crippen molar-refractivity contribution in [2.45, 2.75) is 49.4 Å². The molecular formula is C33H40N2O6S2. The van der Waals surface area contributed by atoms with Crippen LogP contribution in [0.1, 0.15) is 39.9 Å². The second-order valence-corrected chi connectivity index (χ2v) is 14.3. The molecule has 0 unspecified atom stereocenters. The zero-order valence-corrected chi connectivity index (χ0v) is 26.5. The first-order valence-corrected chi connectivity index (χ1v) is 17.4. The van der Waals surface area contributed by atoms with Gasteiger partial charge in [0.15, 0.2) is 9.84 Å². The summed E-state index contributed by atoms with van der Waals surface area (Å²) in [6.45, 7) is 3.26. The van der Waals surface area contributed by atoms with Gasteiger partial charge in [-0.15, -0.1) is 0 Å². The number of carboxylic acid groups (broad SMARTS) is 1. The van der Waals surface area contributed by atoms with Crippen LogP contribution in [0.25, 0.3) is 11.1 Å². The lowest BCUT2D eigenvalue weighted by Gasteiger charge is -2.24. The van der Waals surface area contributed by atoms with E-state index >= 15 is 0 Å². The Morgan fingerprint density at radius 1 is 1.05 bits per heavy atom. The van der Waals surface area contributed by atoms with Crippen molar-refractivity contribution in [1.82, 2.24) is 10.2 Å². The number of hydrogen-bond donors (Lipinski definition) is 2. The van der Waals surface area contributed by atoms with Crippen LogP contribution in [0.15, 0.2) is 72.8 Å².